The van der Waals surface area contributed by atoms with Crippen molar-refractivity contribution >= 4 is 13.5 Å². The third-order valence-electron chi connectivity index (χ3n) is 1.77. The lowest BCUT2D eigenvalue weighted by Gasteiger charge is -1.94. The van der Waals surface area contributed by atoms with Crippen molar-refractivity contribution in [3.63, 3.8) is 0 Å². The van der Waals surface area contributed by atoms with Crippen LogP contribution in [0.1, 0.15) is 5.56 Å². The van der Waals surface area contributed by atoms with E-state index >= 15 is 0 Å². The van der Waals surface area contributed by atoms with Gasteiger partial charge in [0.25, 0.3) is 0 Å². The van der Waals surface area contributed by atoms with Gasteiger partial charge in [0.2, 0.25) is 0 Å². The van der Waals surface area contributed by atoms with Crippen LogP contribution in [0.3, 0.4) is 0 Å². The molecule has 0 aliphatic heterocycles. The van der Waals surface area contributed by atoms with Gasteiger partial charge in [-0.25, -0.2) is 0 Å². The lowest BCUT2D eigenvalue weighted by atomic mass is 10.1. The summed E-state index contributed by atoms with van der Waals surface area (Å²) in [6.07, 6.45) is 1.49. The molecule has 0 unspecified atom stereocenters. The molecule has 0 amide bonds. The monoisotopic (exact) mass is 180 g/mol. The molecule has 64 valence electrons. The fourth-order valence-corrected chi connectivity index (χ4v) is 1.10. The van der Waals surface area contributed by atoms with Gasteiger partial charge in [-0.3, -0.25) is 4.98 Å². The predicted octanol–water partition coefficient (Wildman–Crippen LogP) is 1.01. The van der Waals surface area contributed by atoms with Crippen LogP contribution in [-0.2, 0) is 0 Å². The van der Waals surface area contributed by atoms with Crippen molar-refractivity contribution in [1.29, 1.82) is 5.26 Å². The molecule has 0 fully saturated rings. The van der Waals surface area contributed by atoms with Crippen LogP contribution in [0.5, 0.6) is 0 Å². The number of pyridine rings is 1. The molecule has 0 aromatic carbocycles. The van der Waals surface area contributed by atoms with Gasteiger partial charge in [0, 0.05) is 11.9 Å². The van der Waals surface area contributed by atoms with Gasteiger partial charge in [0.15, 0.2) is 13.6 Å². The first-order chi connectivity index (χ1) is 6.79. The number of furan rings is 1. The van der Waals surface area contributed by atoms with Crippen LogP contribution in [0.25, 0.3) is 11.5 Å². The van der Waals surface area contributed by atoms with Crippen molar-refractivity contribution in [3.05, 3.63) is 36.0 Å². The molecule has 14 heavy (non-hydrogen) atoms. The van der Waals surface area contributed by atoms with Gasteiger partial charge < -0.3 is 4.42 Å². The van der Waals surface area contributed by atoms with E-state index in [2.05, 4.69) is 4.98 Å². The molecule has 2 aromatic rings. The summed E-state index contributed by atoms with van der Waals surface area (Å²) in [6.45, 7) is 0. The van der Waals surface area contributed by atoms with Gasteiger partial charge in [-0.05, 0) is 24.3 Å². The maximum absolute atomic E-state index is 8.57. The highest BCUT2D eigenvalue weighted by Crippen LogP contribution is 2.15. The van der Waals surface area contributed by atoms with Crippen molar-refractivity contribution < 1.29 is 4.42 Å². The SMILES string of the molecule is [B]c1ccc(-c2ccc(C#N)cn2)o1. The van der Waals surface area contributed by atoms with Crippen molar-refractivity contribution in [3.8, 4) is 17.5 Å². The lowest BCUT2D eigenvalue weighted by molar-refractivity contribution is 0.615. The van der Waals surface area contributed by atoms with E-state index in [1.807, 2.05) is 6.07 Å². The Bertz CT molecular complexity index is 482. The highest BCUT2D eigenvalue weighted by molar-refractivity contribution is 6.29. The lowest BCUT2D eigenvalue weighted by Crippen LogP contribution is -1.93. The fraction of sp³-hybridized carbons (Fsp3) is 0. The molecule has 2 radical (unpaired) electrons. The van der Waals surface area contributed by atoms with E-state index in [1.54, 1.807) is 24.3 Å². The van der Waals surface area contributed by atoms with Crippen LogP contribution >= 0.6 is 0 Å². The number of hydrogen-bond donors (Lipinski definition) is 0. The van der Waals surface area contributed by atoms with E-state index < -0.39 is 0 Å². The summed E-state index contributed by atoms with van der Waals surface area (Å²) in [5, 5.41) is 8.57. The summed E-state index contributed by atoms with van der Waals surface area (Å²) in [7, 11) is 5.43. The number of nitriles is 1. The van der Waals surface area contributed by atoms with Crippen molar-refractivity contribution in [2.75, 3.05) is 0 Å². The highest BCUT2D eigenvalue weighted by atomic mass is 16.3. The maximum atomic E-state index is 8.57. The van der Waals surface area contributed by atoms with Crippen LogP contribution in [0.15, 0.2) is 34.9 Å². The molecule has 2 heterocycles. The molecule has 0 aliphatic carbocycles. The van der Waals surface area contributed by atoms with Crippen molar-refractivity contribution in [2.24, 2.45) is 0 Å². The Labute approximate surface area is 82.4 Å². The number of rotatable bonds is 1. The van der Waals surface area contributed by atoms with Crippen LogP contribution in [-0.4, -0.2) is 12.8 Å². The molecule has 0 saturated heterocycles. The van der Waals surface area contributed by atoms with E-state index in [-0.39, 0.29) is 0 Å². The first kappa shape index (κ1) is 8.58. The van der Waals surface area contributed by atoms with Gasteiger partial charge in [-0.15, -0.1) is 0 Å². The average Bonchev–Trinajstić information content (AvgIpc) is 2.65. The Balaban J connectivity index is 2.39. The third-order valence-corrected chi connectivity index (χ3v) is 1.77. The van der Waals surface area contributed by atoms with Gasteiger partial charge in [0.1, 0.15) is 11.8 Å². The van der Waals surface area contributed by atoms with E-state index in [4.69, 9.17) is 17.5 Å². The second-order valence-electron chi connectivity index (χ2n) is 2.75. The molecule has 0 aliphatic rings. The second-order valence-corrected chi connectivity index (χ2v) is 2.75. The molecule has 0 bridgehead atoms. The zero-order valence-corrected chi connectivity index (χ0v) is 7.27. The Morgan fingerprint density at radius 3 is 2.64 bits per heavy atom. The number of nitrogens with zero attached hydrogens (tertiary/aromatic N) is 2. The topological polar surface area (TPSA) is 49.8 Å². The summed E-state index contributed by atoms with van der Waals surface area (Å²) in [5.74, 6) is 0.604. The van der Waals surface area contributed by atoms with E-state index in [1.165, 1.54) is 6.20 Å². The Kier molecular flexibility index (Phi) is 2.07. The van der Waals surface area contributed by atoms with Crippen LogP contribution in [0.4, 0.5) is 0 Å². The normalized spacial score (nSPS) is 9.64. The minimum atomic E-state index is 0.353. The molecular weight excluding hydrogens is 175 g/mol. The Hall–Kier alpha value is -2.02. The van der Waals surface area contributed by atoms with E-state index in [0.717, 1.165) is 0 Å². The smallest absolute Gasteiger partial charge is 0.167 e. The standard InChI is InChI=1S/C10H5BN2O/c11-10-4-3-9(14-10)8-2-1-7(5-12)6-13-8/h1-4,6H. The van der Waals surface area contributed by atoms with Crippen molar-refractivity contribution in [2.45, 2.75) is 0 Å². The Morgan fingerprint density at radius 1 is 1.29 bits per heavy atom. The van der Waals surface area contributed by atoms with Gasteiger partial charge >= 0.3 is 0 Å². The number of hydrogen-bond acceptors (Lipinski definition) is 3. The molecule has 0 spiro atoms. The third kappa shape index (κ3) is 1.53. The largest absolute Gasteiger partial charge is 0.471 e. The van der Waals surface area contributed by atoms with Crippen LogP contribution < -0.4 is 5.66 Å². The highest BCUT2D eigenvalue weighted by Gasteiger charge is 2.02. The molecule has 2 rings (SSSR count). The van der Waals surface area contributed by atoms with Gasteiger partial charge in [0.05, 0.1) is 5.56 Å². The zero-order chi connectivity index (χ0) is 9.97. The quantitative estimate of drug-likeness (QED) is 0.615. The molecule has 3 nitrogen and oxygen atoms in total. The first-order valence-electron chi connectivity index (χ1n) is 4.01. The van der Waals surface area contributed by atoms with Gasteiger partial charge in [-0.1, -0.05) is 0 Å². The van der Waals surface area contributed by atoms with E-state index in [0.29, 0.717) is 22.7 Å². The summed E-state index contributed by atoms with van der Waals surface area (Å²) in [6, 6.07) is 8.80. The summed E-state index contributed by atoms with van der Waals surface area (Å²) >= 11 is 0. The predicted molar refractivity (Wildman–Crippen MR) is 52.0 cm³/mol. The van der Waals surface area contributed by atoms with Crippen LogP contribution in [0, 0.1) is 11.3 Å². The molecule has 0 atom stereocenters. The van der Waals surface area contributed by atoms with Crippen LogP contribution in [0.2, 0.25) is 0 Å². The molecule has 0 saturated carbocycles. The Morgan fingerprint density at radius 2 is 2.14 bits per heavy atom. The minimum absolute atomic E-state index is 0.353. The zero-order valence-electron chi connectivity index (χ0n) is 7.27. The average molecular weight is 180 g/mol. The van der Waals surface area contributed by atoms with E-state index in [9.17, 15) is 0 Å². The summed E-state index contributed by atoms with van der Waals surface area (Å²) in [4.78, 5) is 4.06. The molecule has 0 N–H and O–H groups in total. The summed E-state index contributed by atoms with van der Waals surface area (Å²) in [5.41, 5.74) is 1.54. The molecule has 2 aromatic heterocycles. The fourth-order valence-electron chi connectivity index (χ4n) is 1.10. The maximum Gasteiger partial charge on any atom is 0.167 e. The first-order valence-corrected chi connectivity index (χ1v) is 4.01. The number of aromatic nitrogens is 1. The van der Waals surface area contributed by atoms with Crippen molar-refractivity contribution in [1.82, 2.24) is 4.98 Å². The second kappa shape index (κ2) is 3.39. The molecular formula is C10H5BN2O. The molecule has 4 heteroatoms. The summed E-state index contributed by atoms with van der Waals surface area (Å²) < 4.78 is 5.18. The minimum Gasteiger partial charge on any atom is -0.471 e. The van der Waals surface area contributed by atoms with Gasteiger partial charge in [-0.2, -0.15) is 5.26 Å².